The molecule has 0 atom stereocenters. The predicted octanol–water partition coefficient (Wildman–Crippen LogP) is 4.81. The largest absolute Gasteiger partial charge is 0.462 e. The maximum atomic E-state index is 12.3. The molecule has 0 aliphatic carbocycles. The number of carbonyl (C=O) groups is 1. The van der Waals surface area contributed by atoms with E-state index < -0.39 is 0 Å². The molecule has 0 fully saturated rings. The van der Waals surface area contributed by atoms with Gasteiger partial charge in [0, 0.05) is 0 Å². The van der Waals surface area contributed by atoms with Gasteiger partial charge < -0.3 is 4.74 Å². The molecular formula is C19H18O2. The molecule has 0 saturated carbocycles. The molecule has 0 unspecified atom stereocenters. The molecule has 2 heteroatoms. The summed E-state index contributed by atoms with van der Waals surface area (Å²) in [7, 11) is 0. The fourth-order valence-electron chi connectivity index (χ4n) is 2.46. The van der Waals surface area contributed by atoms with Gasteiger partial charge in [0.15, 0.2) is 0 Å². The van der Waals surface area contributed by atoms with E-state index in [4.69, 9.17) is 4.74 Å². The lowest BCUT2D eigenvalue weighted by Gasteiger charge is -2.10. The van der Waals surface area contributed by atoms with E-state index in [1.54, 1.807) is 0 Å². The van der Waals surface area contributed by atoms with E-state index in [9.17, 15) is 4.79 Å². The highest BCUT2D eigenvalue weighted by atomic mass is 16.5. The van der Waals surface area contributed by atoms with Crippen LogP contribution in [0, 0.1) is 5.92 Å². The molecule has 0 aliphatic heterocycles. The molecule has 3 rings (SSSR count). The van der Waals surface area contributed by atoms with Gasteiger partial charge in [-0.1, -0.05) is 50.2 Å². The lowest BCUT2D eigenvalue weighted by Crippen LogP contribution is -2.10. The number of hydrogen-bond donors (Lipinski definition) is 0. The van der Waals surface area contributed by atoms with Gasteiger partial charge in [-0.25, -0.2) is 4.79 Å². The second-order valence-corrected chi connectivity index (χ2v) is 5.72. The van der Waals surface area contributed by atoms with Crippen molar-refractivity contribution in [3.63, 3.8) is 0 Å². The van der Waals surface area contributed by atoms with Crippen LogP contribution in [-0.2, 0) is 4.74 Å². The summed E-state index contributed by atoms with van der Waals surface area (Å²) in [6.07, 6.45) is 0. The van der Waals surface area contributed by atoms with Gasteiger partial charge in [-0.05, 0) is 45.7 Å². The average Bonchev–Trinajstić information content (AvgIpc) is 2.50. The summed E-state index contributed by atoms with van der Waals surface area (Å²) >= 11 is 0. The fourth-order valence-corrected chi connectivity index (χ4v) is 2.46. The predicted molar refractivity (Wildman–Crippen MR) is 86.6 cm³/mol. The first-order valence-corrected chi connectivity index (χ1v) is 7.24. The Morgan fingerprint density at radius 3 is 2.33 bits per heavy atom. The Kier molecular flexibility index (Phi) is 3.61. The Labute approximate surface area is 124 Å². The molecule has 0 saturated heterocycles. The summed E-state index contributed by atoms with van der Waals surface area (Å²) in [5.41, 5.74) is 0.638. The van der Waals surface area contributed by atoms with Gasteiger partial charge >= 0.3 is 5.97 Å². The molecule has 0 radical (unpaired) electrons. The molecule has 106 valence electrons. The second-order valence-electron chi connectivity index (χ2n) is 5.72. The zero-order chi connectivity index (χ0) is 14.8. The number of hydrogen-bond acceptors (Lipinski definition) is 2. The summed E-state index contributed by atoms with van der Waals surface area (Å²) in [5.74, 6) is 0.0920. The highest BCUT2D eigenvalue weighted by Gasteiger charge is 2.12. The van der Waals surface area contributed by atoms with Gasteiger partial charge in [0.2, 0.25) is 0 Å². The molecule has 0 bridgehead atoms. The first kappa shape index (κ1) is 13.6. The minimum Gasteiger partial charge on any atom is -0.462 e. The van der Waals surface area contributed by atoms with E-state index in [0.29, 0.717) is 18.1 Å². The van der Waals surface area contributed by atoms with Crippen molar-refractivity contribution in [3.05, 3.63) is 60.2 Å². The number of fused-ring (bicyclic) bond motifs is 2. The van der Waals surface area contributed by atoms with Crippen LogP contribution in [0.25, 0.3) is 21.5 Å². The van der Waals surface area contributed by atoms with Crippen LogP contribution in [0.5, 0.6) is 0 Å². The Morgan fingerprint density at radius 2 is 1.62 bits per heavy atom. The van der Waals surface area contributed by atoms with Crippen molar-refractivity contribution < 1.29 is 9.53 Å². The van der Waals surface area contributed by atoms with E-state index in [2.05, 4.69) is 24.3 Å². The summed E-state index contributed by atoms with van der Waals surface area (Å²) in [6.45, 7) is 4.51. The zero-order valence-corrected chi connectivity index (χ0v) is 12.3. The van der Waals surface area contributed by atoms with E-state index >= 15 is 0 Å². The monoisotopic (exact) mass is 278 g/mol. The summed E-state index contributed by atoms with van der Waals surface area (Å²) < 4.78 is 5.37. The molecule has 3 aromatic rings. The van der Waals surface area contributed by atoms with Crippen LogP contribution >= 0.6 is 0 Å². The van der Waals surface area contributed by atoms with Crippen molar-refractivity contribution in [2.45, 2.75) is 13.8 Å². The van der Waals surface area contributed by atoms with Gasteiger partial charge in [0.25, 0.3) is 0 Å². The maximum absolute atomic E-state index is 12.3. The molecule has 0 heterocycles. The van der Waals surface area contributed by atoms with Crippen molar-refractivity contribution in [3.8, 4) is 0 Å². The first-order chi connectivity index (χ1) is 10.1. The van der Waals surface area contributed by atoms with Crippen LogP contribution in [0.3, 0.4) is 0 Å². The van der Waals surface area contributed by atoms with Crippen molar-refractivity contribution in [2.24, 2.45) is 5.92 Å². The van der Waals surface area contributed by atoms with Crippen molar-refractivity contribution >= 4 is 27.5 Å². The Bertz CT molecular complexity index is 803. The molecular weight excluding hydrogens is 260 g/mol. The molecule has 3 aromatic carbocycles. The lowest BCUT2D eigenvalue weighted by molar-refractivity contribution is 0.0461. The number of ether oxygens (including phenoxy) is 1. The number of rotatable bonds is 3. The average molecular weight is 278 g/mol. The third-order valence-corrected chi connectivity index (χ3v) is 3.51. The standard InChI is InChI=1S/C19H18O2/c1-13(2)12-21-19(20)17-9-5-8-16-10-14-6-3-4-7-15(14)11-18(16)17/h3-11,13H,12H2,1-2H3. The smallest absolute Gasteiger partial charge is 0.338 e. The minimum atomic E-state index is -0.246. The molecule has 0 aliphatic rings. The molecule has 0 amide bonds. The lowest BCUT2D eigenvalue weighted by atomic mass is 10.00. The summed E-state index contributed by atoms with van der Waals surface area (Å²) in [6, 6.07) is 18.1. The molecule has 21 heavy (non-hydrogen) atoms. The molecule has 2 nitrogen and oxygen atoms in total. The van der Waals surface area contributed by atoms with Crippen molar-refractivity contribution in [1.29, 1.82) is 0 Å². The minimum absolute atomic E-state index is 0.246. The van der Waals surface area contributed by atoms with Crippen LogP contribution in [-0.4, -0.2) is 12.6 Å². The summed E-state index contributed by atoms with van der Waals surface area (Å²) in [4.78, 5) is 12.3. The van der Waals surface area contributed by atoms with Crippen LogP contribution in [0.4, 0.5) is 0 Å². The van der Waals surface area contributed by atoms with Gasteiger partial charge in [-0.2, -0.15) is 0 Å². The van der Waals surface area contributed by atoms with Crippen LogP contribution in [0.2, 0.25) is 0 Å². The van der Waals surface area contributed by atoms with Gasteiger partial charge in [0.1, 0.15) is 0 Å². The Morgan fingerprint density at radius 1 is 0.952 bits per heavy atom. The Balaban J connectivity index is 2.10. The topological polar surface area (TPSA) is 26.3 Å². The highest BCUT2D eigenvalue weighted by Crippen LogP contribution is 2.26. The van der Waals surface area contributed by atoms with Gasteiger partial charge in [-0.15, -0.1) is 0 Å². The number of benzene rings is 3. The van der Waals surface area contributed by atoms with E-state index in [1.807, 2.05) is 44.2 Å². The highest BCUT2D eigenvalue weighted by molar-refractivity contribution is 6.08. The van der Waals surface area contributed by atoms with Crippen LogP contribution < -0.4 is 0 Å². The van der Waals surface area contributed by atoms with E-state index in [-0.39, 0.29) is 5.97 Å². The van der Waals surface area contributed by atoms with Gasteiger partial charge in [-0.3, -0.25) is 0 Å². The molecule has 0 aromatic heterocycles. The quantitative estimate of drug-likeness (QED) is 0.508. The SMILES string of the molecule is CC(C)COC(=O)c1cccc2cc3ccccc3cc12. The first-order valence-electron chi connectivity index (χ1n) is 7.24. The van der Waals surface area contributed by atoms with Gasteiger partial charge in [0.05, 0.1) is 12.2 Å². The third kappa shape index (κ3) is 2.75. The third-order valence-electron chi connectivity index (χ3n) is 3.51. The Hall–Kier alpha value is -2.35. The normalized spacial score (nSPS) is 11.2. The number of carbonyl (C=O) groups excluding carboxylic acids is 1. The fraction of sp³-hybridized carbons (Fsp3) is 0.211. The molecule has 0 spiro atoms. The van der Waals surface area contributed by atoms with Crippen molar-refractivity contribution in [1.82, 2.24) is 0 Å². The van der Waals surface area contributed by atoms with Crippen molar-refractivity contribution in [2.75, 3.05) is 6.61 Å². The van der Waals surface area contributed by atoms with Crippen LogP contribution in [0.15, 0.2) is 54.6 Å². The summed E-state index contributed by atoms with van der Waals surface area (Å²) in [5, 5.41) is 4.32. The zero-order valence-electron chi connectivity index (χ0n) is 12.3. The maximum Gasteiger partial charge on any atom is 0.338 e. The number of esters is 1. The van der Waals surface area contributed by atoms with Crippen LogP contribution in [0.1, 0.15) is 24.2 Å². The molecule has 0 N–H and O–H groups in total. The van der Waals surface area contributed by atoms with E-state index in [1.165, 1.54) is 5.39 Å². The van der Waals surface area contributed by atoms with E-state index in [0.717, 1.165) is 16.2 Å². The second kappa shape index (κ2) is 5.57.